The number of nitrogens with zero attached hydrogens (tertiary/aromatic N) is 2. The van der Waals surface area contributed by atoms with Gasteiger partial charge in [-0.1, -0.05) is 81.4 Å². The van der Waals surface area contributed by atoms with Crippen molar-refractivity contribution in [1.82, 2.24) is 9.97 Å². The Labute approximate surface area is 231 Å². The predicted molar refractivity (Wildman–Crippen MR) is 153 cm³/mol. The molecular weight excluding hydrogens is 518 g/mol. The van der Waals surface area contributed by atoms with Gasteiger partial charge in [0, 0.05) is 6.20 Å². The van der Waals surface area contributed by atoms with Gasteiger partial charge in [0.15, 0.2) is 0 Å². The van der Waals surface area contributed by atoms with Crippen LogP contribution in [-0.4, -0.2) is 56.2 Å². The fourth-order valence-electron chi connectivity index (χ4n) is 5.05. The summed E-state index contributed by atoms with van der Waals surface area (Å²) in [5, 5.41) is 5.78. The number of benzene rings is 2. The van der Waals surface area contributed by atoms with E-state index in [4.69, 9.17) is 25.5 Å². The van der Waals surface area contributed by atoms with E-state index in [0.717, 1.165) is 12.8 Å². The van der Waals surface area contributed by atoms with Gasteiger partial charge in [0.25, 0.3) is 8.32 Å². The van der Waals surface area contributed by atoms with Crippen LogP contribution in [0.2, 0.25) is 10.3 Å². The highest BCUT2D eigenvalue weighted by molar-refractivity contribution is 6.99. The normalized spacial score (nSPS) is 18.1. The van der Waals surface area contributed by atoms with Gasteiger partial charge in [0.2, 0.25) is 5.28 Å². The molecule has 202 valence electrons. The summed E-state index contributed by atoms with van der Waals surface area (Å²) in [6, 6.07) is 21.2. The standard InChI is InChI=1S/C29H36ClN3O4Si/c1-5-35-27(34)25-18-31-28(30)33-26(25)32-21-16-17-22(36-19-21)20-37-38(29(2,3)4,23-12-8-6-9-13-23)24-14-10-7-11-15-24/h6-15,18,21-22H,5,16-17,19-20H2,1-4H3,(H,31,32,33). The van der Waals surface area contributed by atoms with Gasteiger partial charge in [0.1, 0.15) is 11.4 Å². The number of aromatic nitrogens is 2. The molecule has 2 atom stereocenters. The van der Waals surface area contributed by atoms with Crippen LogP contribution >= 0.6 is 11.6 Å². The number of ether oxygens (including phenoxy) is 2. The first-order chi connectivity index (χ1) is 18.2. The molecule has 2 unspecified atom stereocenters. The minimum atomic E-state index is -2.62. The van der Waals surface area contributed by atoms with Crippen LogP contribution in [0.25, 0.3) is 0 Å². The first kappa shape index (κ1) is 28.2. The number of hydrogen-bond donors (Lipinski definition) is 1. The molecule has 4 rings (SSSR count). The Balaban J connectivity index is 1.47. The zero-order valence-electron chi connectivity index (χ0n) is 22.4. The molecule has 3 aromatic rings. The highest BCUT2D eigenvalue weighted by atomic mass is 35.5. The minimum absolute atomic E-state index is 0.0294. The number of anilines is 1. The molecule has 1 N–H and O–H groups in total. The average Bonchev–Trinajstić information content (AvgIpc) is 2.91. The van der Waals surface area contributed by atoms with Crippen LogP contribution in [0.3, 0.4) is 0 Å². The number of rotatable bonds is 9. The van der Waals surface area contributed by atoms with Crippen LogP contribution in [0.5, 0.6) is 0 Å². The largest absolute Gasteiger partial charge is 0.462 e. The van der Waals surface area contributed by atoms with Crippen LogP contribution in [0.4, 0.5) is 5.82 Å². The summed E-state index contributed by atoms with van der Waals surface area (Å²) >= 11 is 6.00. The van der Waals surface area contributed by atoms with E-state index in [1.54, 1.807) is 6.92 Å². The molecule has 9 heteroatoms. The second-order valence-electron chi connectivity index (χ2n) is 10.5. The Hall–Kier alpha value is -2.78. The lowest BCUT2D eigenvalue weighted by atomic mass is 10.1. The topological polar surface area (TPSA) is 82.6 Å². The van der Waals surface area contributed by atoms with E-state index in [1.807, 2.05) is 12.1 Å². The molecule has 1 saturated heterocycles. The third-order valence-corrected chi connectivity index (χ3v) is 12.1. The van der Waals surface area contributed by atoms with Crippen molar-refractivity contribution in [2.24, 2.45) is 0 Å². The van der Waals surface area contributed by atoms with E-state index in [1.165, 1.54) is 16.6 Å². The fraction of sp³-hybridized carbons (Fsp3) is 0.414. The SMILES string of the molecule is CCOC(=O)c1cnc(Cl)nc1NC1CCC(CO[Si](c2ccccc2)(c2ccccc2)C(C)(C)C)OC1. The van der Waals surface area contributed by atoms with E-state index in [0.29, 0.717) is 19.0 Å². The molecule has 0 aliphatic carbocycles. The van der Waals surface area contributed by atoms with Crippen molar-refractivity contribution < 1.29 is 18.7 Å². The van der Waals surface area contributed by atoms with Crippen LogP contribution in [0, 0.1) is 0 Å². The summed E-state index contributed by atoms with van der Waals surface area (Å²) < 4.78 is 18.4. The van der Waals surface area contributed by atoms with Crippen molar-refractivity contribution in [2.75, 3.05) is 25.1 Å². The number of esters is 1. The van der Waals surface area contributed by atoms with Crippen LogP contribution < -0.4 is 15.7 Å². The van der Waals surface area contributed by atoms with Gasteiger partial charge in [-0.25, -0.2) is 9.78 Å². The molecule has 0 radical (unpaired) electrons. The lowest BCUT2D eigenvalue weighted by Gasteiger charge is -2.44. The molecule has 1 aliphatic rings. The molecule has 0 bridgehead atoms. The summed E-state index contributed by atoms with van der Waals surface area (Å²) in [6.07, 6.45) is 3.00. The molecule has 2 aromatic carbocycles. The Kier molecular flexibility index (Phi) is 9.20. The third-order valence-electron chi connectivity index (χ3n) is 6.87. The van der Waals surface area contributed by atoms with Crippen LogP contribution in [0.15, 0.2) is 66.9 Å². The Morgan fingerprint density at radius 2 is 1.71 bits per heavy atom. The fourth-order valence-corrected chi connectivity index (χ4v) is 9.78. The maximum atomic E-state index is 12.3. The second kappa shape index (κ2) is 12.4. The first-order valence-electron chi connectivity index (χ1n) is 13.1. The zero-order chi connectivity index (χ0) is 27.2. The second-order valence-corrected chi connectivity index (χ2v) is 15.1. The van der Waals surface area contributed by atoms with Gasteiger partial charge in [-0.3, -0.25) is 0 Å². The molecule has 2 heterocycles. The Morgan fingerprint density at radius 1 is 1.08 bits per heavy atom. The molecular formula is C29H36ClN3O4Si. The van der Waals surface area contributed by atoms with Gasteiger partial charge in [0.05, 0.1) is 32.0 Å². The van der Waals surface area contributed by atoms with Crippen molar-refractivity contribution in [2.45, 2.75) is 57.7 Å². The summed E-state index contributed by atoms with van der Waals surface area (Å²) in [6.45, 7) is 9.80. The summed E-state index contributed by atoms with van der Waals surface area (Å²) in [4.78, 5) is 20.5. The van der Waals surface area contributed by atoms with Crippen molar-refractivity contribution in [3.05, 3.63) is 77.7 Å². The quantitative estimate of drug-likeness (QED) is 0.230. The highest BCUT2D eigenvalue weighted by Gasteiger charge is 2.50. The van der Waals surface area contributed by atoms with E-state index in [-0.39, 0.29) is 34.6 Å². The lowest BCUT2D eigenvalue weighted by molar-refractivity contribution is -0.0185. The molecule has 0 saturated carbocycles. The van der Waals surface area contributed by atoms with Gasteiger partial charge in [-0.15, -0.1) is 0 Å². The molecule has 1 aliphatic heterocycles. The van der Waals surface area contributed by atoms with Gasteiger partial charge in [-0.2, -0.15) is 4.98 Å². The van der Waals surface area contributed by atoms with E-state index >= 15 is 0 Å². The van der Waals surface area contributed by atoms with E-state index < -0.39 is 14.3 Å². The highest BCUT2D eigenvalue weighted by Crippen LogP contribution is 2.37. The number of carbonyl (C=O) groups excluding carboxylic acids is 1. The molecule has 1 fully saturated rings. The van der Waals surface area contributed by atoms with Gasteiger partial charge >= 0.3 is 5.97 Å². The minimum Gasteiger partial charge on any atom is -0.462 e. The molecule has 0 spiro atoms. The maximum absolute atomic E-state index is 12.3. The molecule has 1 aromatic heterocycles. The van der Waals surface area contributed by atoms with Crippen molar-refractivity contribution in [3.8, 4) is 0 Å². The lowest BCUT2D eigenvalue weighted by Crippen LogP contribution is -2.67. The summed E-state index contributed by atoms with van der Waals surface area (Å²) in [5.41, 5.74) is 0.258. The first-order valence-corrected chi connectivity index (χ1v) is 15.4. The molecule has 0 amide bonds. The van der Waals surface area contributed by atoms with E-state index in [2.05, 4.69) is 84.6 Å². The average molecular weight is 554 g/mol. The maximum Gasteiger partial charge on any atom is 0.343 e. The molecule has 38 heavy (non-hydrogen) atoms. The number of carbonyl (C=O) groups is 1. The summed E-state index contributed by atoms with van der Waals surface area (Å²) in [7, 11) is -2.62. The molecule has 7 nitrogen and oxygen atoms in total. The van der Waals surface area contributed by atoms with Crippen molar-refractivity contribution >= 4 is 42.1 Å². The van der Waals surface area contributed by atoms with Gasteiger partial charge < -0.3 is 19.2 Å². The van der Waals surface area contributed by atoms with Crippen molar-refractivity contribution in [1.29, 1.82) is 0 Å². The number of nitrogens with one attached hydrogen (secondary N) is 1. The zero-order valence-corrected chi connectivity index (χ0v) is 24.2. The monoisotopic (exact) mass is 553 g/mol. The van der Waals surface area contributed by atoms with Crippen LogP contribution in [0.1, 0.15) is 50.9 Å². The van der Waals surface area contributed by atoms with Crippen LogP contribution in [-0.2, 0) is 13.9 Å². The Bertz CT molecular complexity index is 1160. The number of hydrogen-bond acceptors (Lipinski definition) is 7. The predicted octanol–water partition coefficient (Wildman–Crippen LogP) is 4.84. The smallest absolute Gasteiger partial charge is 0.343 e. The summed E-state index contributed by atoms with van der Waals surface area (Å²) in [5.74, 6) is -0.126. The Morgan fingerprint density at radius 3 is 2.24 bits per heavy atom. The third kappa shape index (κ3) is 6.26. The van der Waals surface area contributed by atoms with E-state index in [9.17, 15) is 4.79 Å². The van der Waals surface area contributed by atoms with Crippen molar-refractivity contribution in [3.63, 3.8) is 0 Å². The number of halogens is 1. The van der Waals surface area contributed by atoms with Gasteiger partial charge in [-0.05, 0) is 46.8 Å².